The SMILES string of the molecule is CCCCN(CC)c1cc(Cl)ncn1. The molecule has 4 heteroatoms. The van der Waals surface area contributed by atoms with Gasteiger partial charge in [-0.25, -0.2) is 9.97 Å². The number of unbranched alkanes of at least 4 members (excludes halogenated alkanes) is 1. The van der Waals surface area contributed by atoms with E-state index in [1.165, 1.54) is 19.2 Å². The highest BCUT2D eigenvalue weighted by atomic mass is 35.5. The highest BCUT2D eigenvalue weighted by Crippen LogP contribution is 2.14. The van der Waals surface area contributed by atoms with Crippen LogP contribution in [-0.4, -0.2) is 23.1 Å². The van der Waals surface area contributed by atoms with Gasteiger partial charge in [0.2, 0.25) is 0 Å². The number of halogens is 1. The van der Waals surface area contributed by atoms with Gasteiger partial charge in [-0.2, -0.15) is 0 Å². The molecule has 14 heavy (non-hydrogen) atoms. The van der Waals surface area contributed by atoms with E-state index < -0.39 is 0 Å². The van der Waals surface area contributed by atoms with Crippen molar-refractivity contribution in [3.8, 4) is 0 Å². The number of rotatable bonds is 5. The maximum absolute atomic E-state index is 5.80. The third kappa shape index (κ3) is 3.14. The standard InChI is InChI=1S/C10H16ClN3/c1-3-5-6-14(4-2)10-7-9(11)12-8-13-10/h7-8H,3-6H2,1-2H3. The molecule has 0 saturated carbocycles. The van der Waals surface area contributed by atoms with Crippen LogP contribution in [0.2, 0.25) is 5.15 Å². The first-order valence-electron chi connectivity index (χ1n) is 5.00. The van der Waals surface area contributed by atoms with Crippen molar-refractivity contribution >= 4 is 17.4 Å². The second-order valence-electron chi connectivity index (χ2n) is 3.13. The topological polar surface area (TPSA) is 29.0 Å². The van der Waals surface area contributed by atoms with Crippen LogP contribution in [0, 0.1) is 0 Å². The molecule has 1 rings (SSSR count). The van der Waals surface area contributed by atoms with Crippen LogP contribution in [0.3, 0.4) is 0 Å². The predicted molar refractivity (Wildman–Crippen MR) is 59.8 cm³/mol. The average Bonchev–Trinajstić information content (AvgIpc) is 2.19. The third-order valence-corrected chi connectivity index (χ3v) is 2.31. The van der Waals surface area contributed by atoms with Crippen molar-refractivity contribution in [3.05, 3.63) is 17.5 Å². The highest BCUT2D eigenvalue weighted by Gasteiger charge is 2.05. The molecule has 0 aliphatic rings. The van der Waals surface area contributed by atoms with Crippen molar-refractivity contribution in [1.82, 2.24) is 9.97 Å². The lowest BCUT2D eigenvalue weighted by molar-refractivity contribution is 0.723. The molecule has 0 radical (unpaired) electrons. The summed E-state index contributed by atoms with van der Waals surface area (Å²) in [5.74, 6) is 0.918. The zero-order chi connectivity index (χ0) is 10.4. The number of hydrogen-bond acceptors (Lipinski definition) is 3. The van der Waals surface area contributed by atoms with E-state index in [4.69, 9.17) is 11.6 Å². The third-order valence-electron chi connectivity index (χ3n) is 2.11. The Labute approximate surface area is 90.1 Å². The molecule has 0 fully saturated rings. The fraction of sp³-hybridized carbons (Fsp3) is 0.600. The van der Waals surface area contributed by atoms with Crippen molar-refractivity contribution in [2.24, 2.45) is 0 Å². The monoisotopic (exact) mass is 213 g/mol. The van der Waals surface area contributed by atoms with Crippen LogP contribution >= 0.6 is 11.6 Å². The summed E-state index contributed by atoms with van der Waals surface area (Å²) in [6, 6.07) is 1.81. The van der Waals surface area contributed by atoms with Crippen molar-refractivity contribution < 1.29 is 0 Å². The van der Waals surface area contributed by atoms with Crippen molar-refractivity contribution in [3.63, 3.8) is 0 Å². The lowest BCUT2D eigenvalue weighted by Gasteiger charge is -2.21. The Morgan fingerprint density at radius 3 is 2.71 bits per heavy atom. The fourth-order valence-electron chi connectivity index (χ4n) is 1.28. The van der Waals surface area contributed by atoms with E-state index in [0.29, 0.717) is 5.15 Å². The van der Waals surface area contributed by atoms with Gasteiger partial charge in [-0.3, -0.25) is 0 Å². The summed E-state index contributed by atoms with van der Waals surface area (Å²) in [6.45, 7) is 6.28. The second kappa shape index (κ2) is 5.81. The molecule has 0 saturated heterocycles. The van der Waals surface area contributed by atoms with E-state index >= 15 is 0 Å². The van der Waals surface area contributed by atoms with E-state index in [-0.39, 0.29) is 0 Å². The number of hydrogen-bond donors (Lipinski definition) is 0. The van der Waals surface area contributed by atoms with Crippen LogP contribution in [0.25, 0.3) is 0 Å². The molecule has 0 atom stereocenters. The molecular formula is C10H16ClN3. The summed E-state index contributed by atoms with van der Waals surface area (Å²) in [7, 11) is 0. The zero-order valence-corrected chi connectivity index (χ0v) is 9.46. The molecule has 0 aliphatic carbocycles. The molecular weight excluding hydrogens is 198 g/mol. The van der Waals surface area contributed by atoms with Gasteiger partial charge in [-0.1, -0.05) is 24.9 Å². The smallest absolute Gasteiger partial charge is 0.134 e. The molecule has 1 aromatic rings. The van der Waals surface area contributed by atoms with Crippen LogP contribution in [0.5, 0.6) is 0 Å². The van der Waals surface area contributed by atoms with E-state index in [0.717, 1.165) is 18.9 Å². The molecule has 1 heterocycles. The molecule has 3 nitrogen and oxygen atoms in total. The van der Waals surface area contributed by atoms with Gasteiger partial charge >= 0.3 is 0 Å². The van der Waals surface area contributed by atoms with Gasteiger partial charge in [0.25, 0.3) is 0 Å². The summed E-state index contributed by atoms with van der Waals surface area (Å²) < 4.78 is 0. The first kappa shape index (κ1) is 11.2. The minimum atomic E-state index is 0.505. The molecule has 1 aromatic heterocycles. The Morgan fingerprint density at radius 2 is 2.14 bits per heavy atom. The maximum Gasteiger partial charge on any atom is 0.134 e. The Bertz CT molecular complexity index is 278. The molecule has 0 bridgehead atoms. The molecule has 0 aromatic carbocycles. The number of nitrogens with zero attached hydrogens (tertiary/aromatic N) is 3. The van der Waals surface area contributed by atoms with Gasteiger partial charge in [-0.15, -0.1) is 0 Å². The molecule has 0 unspecified atom stereocenters. The molecule has 0 aliphatic heterocycles. The zero-order valence-electron chi connectivity index (χ0n) is 8.70. The van der Waals surface area contributed by atoms with E-state index in [9.17, 15) is 0 Å². The Balaban J connectivity index is 2.68. The predicted octanol–water partition coefficient (Wildman–Crippen LogP) is 2.76. The van der Waals surface area contributed by atoms with Gasteiger partial charge in [-0.05, 0) is 13.3 Å². The lowest BCUT2D eigenvalue weighted by Crippen LogP contribution is -2.24. The second-order valence-corrected chi connectivity index (χ2v) is 3.52. The van der Waals surface area contributed by atoms with Crippen molar-refractivity contribution in [2.45, 2.75) is 26.7 Å². The highest BCUT2D eigenvalue weighted by molar-refractivity contribution is 6.29. The van der Waals surface area contributed by atoms with Crippen molar-refractivity contribution in [2.75, 3.05) is 18.0 Å². The van der Waals surface area contributed by atoms with E-state index in [2.05, 4.69) is 28.7 Å². The quantitative estimate of drug-likeness (QED) is 0.705. The Hall–Kier alpha value is -0.830. The summed E-state index contributed by atoms with van der Waals surface area (Å²) >= 11 is 5.80. The summed E-state index contributed by atoms with van der Waals surface area (Å²) in [6.07, 6.45) is 3.87. The fourth-order valence-corrected chi connectivity index (χ4v) is 1.42. The number of anilines is 1. The lowest BCUT2D eigenvalue weighted by atomic mass is 10.3. The summed E-state index contributed by atoms with van der Waals surface area (Å²) in [4.78, 5) is 10.3. The largest absolute Gasteiger partial charge is 0.357 e. The summed E-state index contributed by atoms with van der Waals surface area (Å²) in [5.41, 5.74) is 0. The van der Waals surface area contributed by atoms with Gasteiger partial charge in [0.05, 0.1) is 0 Å². The van der Waals surface area contributed by atoms with Crippen LogP contribution in [-0.2, 0) is 0 Å². The van der Waals surface area contributed by atoms with Gasteiger partial charge in [0.15, 0.2) is 0 Å². The molecule has 0 amide bonds. The van der Waals surface area contributed by atoms with E-state index in [1.807, 2.05) is 0 Å². The minimum Gasteiger partial charge on any atom is -0.357 e. The Kier molecular flexibility index (Phi) is 4.66. The minimum absolute atomic E-state index is 0.505. The molecule has 0 N–H and O–H groups in total. The first-order valence-corrected chi connectivity index (χ1v) is 5.38. The average molecular weight is 214 g/mol. The summed E-state index contributed by atoms with van der Waals surface area (Å²) in [5, 5.41) is 0.505. The van der Waals surface area contributed by atoms with Crippen LogP contribution in [0.15, 0.2) is 12.4 Å². The van der Waals surface area contributed by atoms with Crippen LogP contribution in [0.1, 0.15) is 26.7 Å². The van der Waals surface area contributed by atoms with Gasteiger partial charge < -0.3 is 4.90 Å². The number of aromatic nitrogens is 2. The van der Waals surface area contributed by atoms with Crippen LogP contribution in [0.4, 0.5) is 5.82 Å². The van der Waals surface area contributed by atoms with Gasteiger partial charge in [0.1, 0.15) is 17.3 Å². The maximum atomic E-state index is 5.80. The molecule has 0 spiro atoms. The first-order chi connectivity index (χ1) is 6.77. The van der Waals surface area contributed by atoms with Crippen LogP contribution < -0.4 is 4.90 Å². The Morgan fingerprint density at radius 1 is 1.36 bits per heavy atom. The molecule has 78 valence electrons. The van der Waals surface area contributed by atoms with Gasteiger partial charge in [0, 0.05) is 19.2 Å². The van der Waals surface area contributed by atoms with E-state index in [1.54, 1.807) is 6.07 Å². The van der Waals surface area contributed by atoms with Crippen molar-refractivity contribution in [1.29, 1.82) is 0 Å². The normalized spacial score (nSPS) is 10.2.